The van der Waals surface area contributed by atoms with Gasteiger partial charge in [-0.2, -0.15) is 0 Å². The Labute approximate surface area is 101 Å². The molecule has 0 spiro atoms. The van der Waals surface area contributed by atoms with Crippen molar-refractivity contribution in [3.05, 3.63) is 36.7 Å². The number of urea groups is 1. The van der Waals surface area contributed by atoms with E-state index in [0.717, 1.165) is 18.7 Å². The van der Waals surface area contributed by atoms with Gasteiger partial charge in [0.1, 0.15) is 0 Å². The molecule has 1 aromatic rings. The van der Waals surface area contributed by atoms with E-state index in [1.165, 1.54) is 0 Å². The molecule has 0 atom stereocenters. The summed E-state index contributed by atoms with van der Waals surface area (Å²) >= 11 is 0. The summed E-state index contributed by atoms with van der Waals surface area (Å²) in [5.41, 5.74) is 0.782. The first-order valence-corrected chi connectivity index (χ1v) is 4.97. The van der Waals surface area contributed by atoms with E-state index in [4.69, 9.17) is 0 Å². The number of aromatic nitrogens is 1. The zero-order valence-corrected chi connectivity index (χ0v) is 9.61. The maximum Gasteiger partial charge on any atom is 0.322 e. The first kappa shape index (κ1) is 12.5. The lowest BCUT2D eigenvalue weighted by molar-refractivity contribution is 0.216. The molecule has 0 bridgehead atoms. The maximum atomic E-state index is 11.7. The number of amides is 2. The molecular weight excluding hydrogens is 226 g/mol. The number of carbonyl (C=O) groups excluding carboxylic acids is 1. The lowest BCUT2D eigenvalue weighted by atomic mass is 10.2. The van der Waals surface area contributed by atoms with Crippen molar-refractivity contribution in [3.63, 3.8) is 0 Å². The fourth-order valence-corrected chi connectivity index (χ4v) is 1.46. The van der Waals surface area contributed by atoms with Crippen LogP contribution < -0.4 is 5.32 Å². The van der Waals surface area contributed by atoms with E-state index in [1.54, 1.807) is 29.4 Å². The minimum Gasteiger partial charge on any atom is -0.321 e. The van der Waals surface area contributed by atoms with Crippen molar-refractivity contribution in [2.75, 3.05) is 18.4 Å². The van der Waals surface area contributed by atoms with Crippen LogP contribution in [-0.4, -0.2) is 29.0 Å². The van der Waals surface area contributed by atoms with Gasteiger partial charge in [0.25, 0.3) is 0 Å². The molecule has 0 radical (unpaired) electrons. The number of hydrogen-bond donors (Lipinski definition) is 1. The largest absolute Gasteiger partial charge is 0.322 e. The molecule has 0 fully saturated rings. The Bertz CT molecular complexity index is 367. The minimum atomic E-state index is -0.0504. The third kappa shape index (κ3) is 3.24. The summed E-state index contributed by atoms with van der Waals surface area (Å²) in [6.45, 7) is 1.48. The van der Waals surface area contributed by atoms with Gasteiger partial charge in [-0.15, -0.1) is 12.4 Å². The van der Waals surface area contributed by atoms with Crippen molar-refractivity contribution in [2.24, 2.45) is 0 Å². The van der Waals surface area contributed by atoms with Crippen LogP contribution in [0.1, 0.15) is 6.42 Å². The van der Waals surface area contributed by atoms with Gasteiger partial charge < -0.3 is 10.2 Å². The monoisotopic (exact) mass is 239 g/mol. The van der Waals surface area contributed by atoms with E-state index < -0.39 is 0 Å². The Morgan fingerprint density at radius 1 is 1.31 bits per heavy atom. The van der Waals surface area contributed by atoms with Crippen LogP contribution in [0.5, 0.6) is 0 Å². The van der Waals surface area contributed by atoms with Crippen molar-refractivity contribution in [1.29, 1.82) is 0 Å². The van der Waals surface area contributed by atoms with E-state index in [0.29, 0.717) is 6.54 Å². The molecule has 1 N–H and O–H groups in total. The number of rotatable bonds is 1. The molecule has 0 unspecified atom stereocenters. The molecule has 0 saturated heterocycles. The zero-order valence-electron chi connectivity index (χ0n) is 8.80. The summed E-state index contributed by atoms with van der Waals surface area (Å²) in [6, 6.07) is 3.50. The molecular formula is C11H14ClN3O. The molecule has 1 aliphatic rings. The predicted octanol–water partition coefficient (Wildman–Crippen LogP) is 2.30. The highest BCUT2D eigenvalue weighted by Gasteiger charge is 2.13. The highest BCUT2D eigenvalue weighted by molar-refractivity contribution is 5.89. The second kappa shape index (κ2) is 6.12. The van der Waals surface area contributed by atoms with Crippen LogP contribution in [0.4, 0.5) is 10.5 Å². The van der Waals surface area contributed by atoms with E-state index in [1.807, 2.05) is 6.08 Å². The van der Waals surface area contributed by atoms with Crippen LogP contribution in [0, 0.1) is 0 Å². The number of carbonyl (C=O) groups is 1. The van der Waals surface area contributed by atoms with Crippen molar-refractivity contribution in [3.8, 4) is 0 Å². The fraction of sp³-hybridized carbons (Fsp3) is 0.273. The second-order valence-electron chi connectivity index (χ2n) is 3.37. The Morgan fingerprint density at radius 2 is 2.06 bits per heavy atom. The molecule has 2 rings (SSSR count). The quantitative estimate of drug-likeness (QED) is 0.765. The Balaban J connectivity index is 0.00000128. The molecule has 16 heavy (non-hydrogen) atoms. The Morgan fingerprint density at radius 3 is 2.69 bits per heavy atom. The average molecular weight is 240 g/mol. The summed E-state index contributed by atoms with van der Waals surface area (Å²) in [5, 5.41) is 2.82. The van der Waals surface area contributed by atoms with Crippen LogP contribution in [0.2, 0.25) is 0 Å². The molecule has 5 heteroatoms. The number of nitrogens with one attached hydrogen (secondary N) is 1. The molecule has 2 heterocycles. The Hall–Kier alpha value is -1.55. The summed E-state index contributed by atoms with van der Waals surface area (Å²) < 4.78 is 0. The molecule has 0 saturated carbocycles. The zero-order chi connectivity index (χ0) is 10.5. The van der Waals surface area contributed by atoms with Crippen LogP contribution in [0.3, 0.4) is 0 Å². The lowest BCUT2D eigenvalue weighted by Crippen LogP contribution is -2.37. The van der Waals surface area contributed by atoms with Crippen molar-refractivity contribution in [2.45, 2.75) is 6.42 Å². The minimum absolute atomic E-state index is 0. The topological polar surface area (TPSA) is 45.2 Å². The molecule has 4 nitrogen and oxygen atoms in total. The SMILES string of the molecule is Cl.O=C(Nc1ccncc1)N1CC=CCC1. The first-order chi connectivity index (χ1) is 7.36. The fourth-order valence-electron chi connectivity index (χ4n) is 1.46. The average Bonchev–Trinajstić information content (AvgIpc) is 2.31. The number of nitrogens with zero attached hydrogens (tertiary/aromatic N) is 2. The normalized spacial score (nSPS) is 14.1. The third-order valence-corrected chi connectivity index (χ3v) is 2.28. The number of hydrogen-bond acceptors (Lipinski definition) is 2. The second-order valence-corrected chi connectivity index (χ2v) is 3.37. The summed E-state index contributed by atoms with van der Waals surface area (Å²) in [6.07, 6.45) is 8.35. The van der Waals surface area contributed by atoms with Gasteiger partial charge in [0.15, 0.2) is 0 Å². The smallest absolute Gasteiger partial charge is 0.321 e. The summed E-state index contributed by atoms with van der Waals surface area (Å²) in [5.74, 6) is 0. The van der Waals surface area contributed by atoms with Crippen molar-refractivity contribution in [1.82, 2.24) is 9.88 Å². The van der Waals surface area contributed by atoms with Gasteiger partial charge in [-0.1, -0.05) is 12.2 Å². The lowest BCUT2D eigenvalue weighted by Gasteiger charge is -2.23. The van der Waals surface area contributed by atoms with Crippen molar-refractivity contribution >= 4 is 24.1 Å². The van der Waals surface area contributed by atoms with Gasteiger partial charge in [-0.25, -0.2) is 4.79 Å². The first-order valence-electron chi connectivity index (χ1n) is 4.97. The summed E-state index contributed by atoms with van der Waals surface area (Å²) in [7, 11) is 0. The molecule has 2 amide bonds. The number of anilines is 1. The number of halogens is 1. The van der Waals surface area contributed by atoms with Gasteiger partial charge in [0.05, 0.1) is 0 Å². The van der Waals surface area contributed by atoms with Gasteiger partial charge in [-0.3, -0.25) is 4.98 Å². The standard InChI is InChI=1S/C11H13N3O.ClH/c15-11(14-8-2-1-3-9-14)13-10-4-6-12-7-5-10;/h1-2,4-7H,3,8-9H2,(H,12,13,15);1H. The molecule has 0 aliphatic carbocycles. The van der Waals surface area contributed by atoms with Crippen LogP contribution in [0.15, 0.2) is 36.7 Å². The van der Waals surface area contributed by atoms with Crippen LogP contribution in [-0.2, 0) is 0 Å². The molecule has 0 aromatic carbocycles. The van der Waals surface area contributed by atoms with Gasteiger partial charge in [0, 0.05) is 31.2 Å². The van der Waals surface area contributed by atoms with Gasteiger partial charge in [-0.05, 0) is 18.6 Å². The third-order valence-electron chi connectivity index (χ3n) is 2.28. The Kier molecular flexibility index (Phi) is 4.79. The van der Waals surface area contributed by atoms with Crippen LogP contribution in [0.25, 0.3) is 0 Å². The molecule has 1 aliphatic heterocycles. The predicted molar refractivity (Wildman–Crippen MR) is 65.8 cm³/mol. The van der Waals surface area contributed by atoms with E-state index in [2.05, 4.69) is 16.4 Å². The van der Waals surface area contributed by atoms with Crippen LogP contribution >= 0.6 is 12.4 Å². The van der Waals surface area contributed by atoms with E-state index in [9.17, 15) is 4.79 Å². The van der Waals surface area contributed by atoms with E-state index >= 15 is 0 Å². The highest BCUT2D eigenvalue weighted by atomic mass is 35.5. The van der Waals surface area contributed by atoms with Gasteiger partial charge >= 0.3 is 6.03 Å². The summed E-state index contributed by atoms with van der Waals surface area (Å²) in [4.78, 5) is 17.4. The number of pyridine rings is 1. The highest BCUT2D eigenvalue weighted by Crippen LogP contribution is 2.07. The molecule has 1 aromatic heterocycles. The molecule has 86 valence electrons. The van der Waals surface area contributed by atoms with Crippen molar-refractivity contribution < 1.29 is 4.79 Å². The van der Waals surface area contributed by atoms with E-state index in [-0.39, 0.29) is 18.4 Å². The van der Waals surface area contributed by atoms with Gasteiger partial charge in [0.2, 0.25) is 0 Å². The maximum absolute atomic E-state index is 11.7.